The van der Waals surface area contributed by atoms with Crippen LogP contribution in [0.2, 0.25) is 0 Å². The summed E-state index contributed by atoms with van der Waals surface area (Å²) in [4.78, 5) is 0. The van der Waals surface area contributed by atoms with Crippen molar-refractivity contribution < 1.29 is 14.2 Å². The number of ether oxygens (including phenoxy) is 1. The van der Waals surface area contributed by atoms with Crippen LogP contribution >= 0.6 is 0 Å². The van der Waals surface area contributed by atoms with Crippen molar-refractivity contribution in [3.63, 3.8) is 0 Å². The molecule has 1 atom stereocenters. The Morgan fingerprint density at radius 1 is 1.50 bits per heavy atom. The zero-order chi connectivity index (χ0) is 8.55. The van der Waals surface area contributed by atoms with Gasteiger partial charge in [-0.1, -0.05) is 0 Å². The summed E-state index contributed by atoms with van der Waals surface area (Å²) >= 11 is 0. The molecule has 3 heteroatoms. The van der Waals surface area contributed by atoms with Crippen molar-refractivity contribution in [3.05, 3.63) is 29.6 Å². The molecule has 0 aromatic heterocycles. The largest absolute Gasteiger partial charge is 0.493 e. The highest BCUT2D eigenvalue weighted by Gasteiger charge is 2.18. The van der Waals surface area contributed by atoms with Gasteiger partial charge in [-0.05, 0) is 12.1 Å². The fourth-order valence-corrected chi connectivity index (χ4v) is 1.34. The summed E-state index contributed by atoms with van der Waals surface area (Å²) in [7, 11) is 0. The van der Waals surface area contributed by atoms with E-state index in [1.807, 2.05) is 0 Å². The van der Waals surface area contributed by atoms with Crippen molar-refractivity contribution in [1.82, 2.24) is 0 Å². The Morgan fingerprint density at radius 3 is 3.17 bits per heavy atom. The maximum absolute atomic E-state index is 12.7. The van der Waals surface area contributed by atoms with E-state index in [-0.39, 0.29) is 5.82 Å². The molecule has 12 heavy (non-hydrogen) atoms. The van der Waals surface area contributed by atoms with Gasteiger partial charge in [0.2, 0.25) is 0 Å². The SMILES string of the molecule is O[C@H]1CCOc2cc(F)ccc21. The van der Waals surface area contributed by atoms with Crippen LogP contribution in [0.5, 0.6) is 5.75 Å². The third kappa shape index (κ3) is 1.16. The van der Waals surface area contributed by atoms with E-state index in [1.165, 1.54) is 12.1 Å². The lowest BCUT2D eigenvalue weighted by molar-refractivity contribution is 0.115. The lowest BCUT2D eigenvalue weighted by Gasteiger charge is -2.21. The van der Waals surface area contributed by atoms with Gasteiger partial charge in [0.05, 0.1) is 12.7 Å². The highest BCUT2D eigenvalue weighted by Crippen LogP contribution is 2.31. The summed E-state index contributed by atoms with van der Waals surface area (Å²) in [6, 6.07) is 4.20. The molecule has 2 nitrogen and oxygen atoms in total. The topological polar surface area (TPSA) is 29.5 Å². The monoisotopic (exact) mass is 168 g/mol. The molecule has 0 saturated carbocycles. The fraction of sp³-hybridized carbons (Fsp3) is 0.333. The number of benzene rings is 1. The maximum atomic E-state index is 12.7. The second-order valence-electron chi connectivity index (χ2n) is 2.84. The summed E-state index contributed by atoms with van der Waals surface area (Å²) in [5.41, 5.74) is 0.683. The van der Waals surface area contributed by atoms with Crippen LogP contribution in [0.4, 0.5) is 4.39 Å². The number of aliphatic hydroxyl groups is 1. The van der Waals surface area contributed by atoms with Crippen molar-refractivity contribution in [2.75, 3.05) is 6.61 Å². The van der Waals surface area contributed by atoms with Crippen molar-refractivity contribution in [2.24, 2.45) is 0 Å². The number of halogens is 1. The summed E-state index contributed by atoms with van der Waals surface area (Å²) in [5.74, 6) is 0.136. The first kappa shape index (κ1) is 7.55. The van der Waals surface area contributed by atoms with Crippen LogP contribution in [-0.2, 0) is 0 Å². The molecule has 0 amide bonds. The second kappa shape index (κ2) is 2.75. The first-order valence-electron chi connectivity index (χ1n) is 3.87. The Bertz CT molecular complexity index is 299. The van der Waals surface area contributed by atoms with Crippen molar-refractivity contribution in [3.8, 4) is 5.75 Å². The molecule has 1 aliphatic heterocycles. The van der Waals surface area contributed by atoms with E-state index >= 15 is 0 Å². The molecule has 64 valence electrons. The zero-order valence-electron chi connectivity index (χ0n) is 6.46. The molecule has 1 heterocycles. The minimum Gasteiger partial charge on any atom is -0.493 e. The van der Waals surface area contributed by atoms with Gasteiger partial charge in [0.15, 0.2) is 0 Å². The predicted octanol–water partition coefficient (Wildman–Crippen LogP) is 1.64. The Hall–Kier alpha value is -1.09. The predicted molar refractivity (Wildman–Crippen MR) is 41.5 cm³/mol. The standard InChI is InChI=1S/C9H9FO2/c10-6-1-2-7-8(11)3-4-12-9(7)5-6/h1-2,5,8,11H,3-4H2/t8-/m0/s1. The van der Waals surface area contributed by atoms with Crippen LogP contribution in [0.1, 0.15) is 18.1 Å². The van der Waals surface area contributed by atoms with E-state index in [4.69, 9.17) is 4.74 Å². The summed E-state index contributed by atoms with van der Waals surface area (Å²) in [6.07, 6.45) is 0.0767. The van der Waals surface area contributed by atoms with Gasteiger partial charge in [-0.3, -0.25) is 0 Å². The molecule has 1 aromatic rings. The molecule has 1 N–H and O–H groups in total. The molecule has 0 saturated heterocycles. The highest BCUT2D eigenvalue weighted by molar-refractivity contribution is 5.36. The second-order valence-corrected chi connectivity index (χ2v) is 2.84. The third-order valence-electron chi connectivity index (χ3n) is 1.98. The van der Waals surface area contributed by atoms with Crippen molar-refractivity contribution in [1.29, 1.82) is 0 Å². The van der Waals surface area contributed by atoms with Gasteiger partial charge in [-0.15, -0.1) is 0 Å². The van der Waals surface area contributed by atoms with Gasteiger partial charge in [0, 0.05) is 18.1 Å². The fourth-order valence-electron chi connectivity index (χ4n) is 1.34. The van der Waals surface area contributed by atoms with Gasteiger partial charge in [0.25, 0.3) is 0 Å². The minimum absolute atomic E-state index is 0.331. The van der Waals surface area contributed by atoms with E-state index < -0.39 is 6.10 Å². The van der Waals surface area contributed by atoms with Gasteiger partial charge < -0.3 is 9.84 Å². The number of hydrogen-bond donors (Lipinski definition) is 1. The third-order valence-corrected chi connectivity index (χ3v) is 1.98. The smallest absolute Gasteiger partial charge is 0.128 e. The molecule has 0 spiro atoms. The van der Waals surface area contributed by atoms with E-state index in [2.05, 4.69) is 0 Å². The maximum Gasteiger partial charge on any atom is 0.128 e. The van der Waals surface area contributed by atoms with Gasteiger partial charge in [0.1, 0.15) is 11.6 Å². The van der Waals surface area contributed by atoms with Crippen LogP contribution < -0.4 is 4.74 Å². The highest BCUT2D eigenvalue weighted by atomic mass is 19.1. The summed E-state index contributed by atoms with van der Waals surface area (Å²) in [5, 5.41) is 9.45. The first-order chi connectivity index (χ1) is 5.77. The van der Waals surface area contributed by atoms with E-state index in [0.717, 1.165) is 0 Å². The molecule has 1 aromatic carbocycles. The average molecular weight is 168 g/mol. The molecular weight excluding hydrogens is 159 g/mol. The van der Waals surface area contributed by atoms with Crippen molar-refractivity contribution in [2.45, 2.75) is 12.5 Å². The van der Waals surface area contributed by atoms with E-state index in [9.17, 15) is 9.50 Å². The van der Waals surface area contributed by atoms with Gasteiger partial charge in [-0.2, -0.15) is 0 Å². The quantitative estimate of drug-likeness (QED) is 0.638. The number of rotatable bonds is 0. The Kier molecular flexibility index (Phi) is 1.73. The molecule has 0 radical (unpaired) electrons. The lowest BCUT2D eigenvalue weighted by Crippen LogP contribution is -2.13. The van der Waals surface area contributed by atoms with E-state index in [1.54, 1.807) is 6.07 Å². The van der Waals surface area contributed by atoms with Gasteiger partial charge in [-0.25, -0.2) is 4.39 Å². The molecule has 0 fully saturated rings. The molecular formula is C9H9FO2. The van der Waals surface area contributed by atoms with Gasteiger partial charge >= 0.3 is 0 Å². The zero-order valence-corrected chi connectivity index (χ0v) is 6.46. The lowest BCUT2D eigenvalue weighted by atomic mass is 10.0. The average Bonchev–Trinajstić information content (AvgIpc) is 2.04. The van der Waals surface area contributed by atoms with E-state index in [0.29, 0.717) is 24.3 Å². The first-order valence-corrected chi connectivity index (χ1v) is 3.87. The van der Waals surface area contributed by atoms with Crippen LogP contribution in [-0.4, -0.2) is 11.7 Å². The number of hydrogen-bond acceptors (Lipinski definition) is 2. The van der Waals surface area contributed by atoms with Crippen molar-refractivity contribution >= 4 is 0 Å². The molecule has 1 aliphatic rings. The number of fused-ring (bicyclic) bond motifs is 1. The Labute approximate surface area is 69.6 Å². The molecule has 0 unspecified atom stereocenters. The van der Waals surface area contributed by atoms with Crippen LogP contribution in [0.25, 0.3) is 0 Å². The molecule has 2 rings (SSSR count). The Morgan fingerprint density at radius 2 is 2.33 bits per heavy atom. The van der Waals surface area contributed by atoms with Crippen LogP contribution in [0.15, 0.2) is 18.2 Å². The summed E-state index contributed by atoms with van der Waals surface area (Å²) in [6.45, 7) is 0.456. The summed E-state index contributed by atoms with van der Waals surface area (Å²) < 4.78 is 17.8. The normalized spacial score (nSPS) is 21.3. The Balaban J connectivity index is 2.46. The van der Waals surface area contributed by atoms with Crippen LogP contribution in [0, 0.1) is 5.82 Å². The van der Waals surface area contributed by atoms with Crippen LogP contribution in [0.3, 0.4) is 0 Å². The number of aliphatic hydroxyl groups excluding tert-OH is 1. The minimum atomic E-state index is -0.505. The molecule has 0 bridgehead atoms. The molecule has 0 aliphatic carbocycles.